The lowest BCUT2D eigenvalue weighted by molar-refractivity contribution is -0.145. The first-order chi connectivity index (χ1) is 35.1. The number of carbonyl (C=O) groups is 2. The lowest BCUT2D eigenvalue weighted by Gasteiger charge is -2.36. The normalized spacial score (nSPS) is 20.7. The molecule has 0 bridgehead atoms. The molecule has 16 heteroatoms. The summed E-state index contributed by atoms with van der Waals surface area (Å²) in [6.07, 6.45) is 10.9. The Labute approximate surface area is 439 Å². The second kappa shape index (κ2) is 19.8. The van der Waals surface area contributed by atoms with E-state index in [-0.39, 0.29) is 41.8 Å². The highest BCUT2D eigenvalue weighted by Crippen LogP contribution is 2.52. The maximum absolute atomic E-state index is 14.5. The number of nitrogens with one attached hydrogen (secondary N) is 3. The average Bonchev–Trinajstić information content (AvgIpc) is 4.19. The zero-order chi connectivity index (χ0) is 50.8. The van der Waals surface area contributed by atoms with E-state index >= 15 is 0 Å². The molecule has 380 valence electrons. The molecular formula is C57H65BrN10O4S. The van der Waals surface area contributed by atoms with Gasteiger partial charge in [0.1, 0.15) is 11.9 Å². The van der Waals surface area contributed by atoms with E-state index in [2.05, 4.69) is 83.1 Å². The number of amides is 2. The van der Waals surface area contributed by atoms with Gasteiger partial charge < -0.3 is 20.7 Å². The van der Waals surface area contributed by atoms with Crippen LogP contribution in [0.15, 0.2) is 100.0 Å². The molecule has 4 aliphatic heterocycles. The van der Waals surface area contributed by atoms with E-state index in [0.29, 0.717) is 17.8 Å². The number of hydrazine groups is 2. The van der Waals surface area contributed by atoms with Crippen LogP contribution in [0.3, 0.4) is 0 Å². The van der Waals surface area contributed by atoms with E-state index in [1.54, 1.807) is 16.2 Å². The zero-order valence-corrected chi connectivity index (χ0v) is 44.7. The van der Waals surface area contributed by atoms with Gasteiger partial charge in [-0.15, -0.1) is 16.9 Å². The Morgan fingerprint density at radius 1 is 0.986 bits per heavy atom. The molecular weight excluding hydrogens is 1000 g/mol. The van der Waals surface area contributed by atoms with E-state index in [1.807, 2.05) is 93.9 Å². The van der Waals surface area contributed by atoms with Gasteiger partial charge in [0.15, 0.2) is 0 Å². The lowest BCUT2D eigenvalue weighted by Crippen LogP contribution is -2.53. The molecule has 3 aromatic heterocycles. The number of aliphatic hydroxyl groups excluding tert-OH is 1. The third-order valence-corrected chi connectivity index (χ3v) is 18.0. The second-order valence-corrected chi connectivity index (χ2v) is 23.8. The molecule has 5 aliphatic rings. The predicted molar refractivity (Wildman–Crippen MR) is 289 cm³/mol. The number of likely N-dealkylation sites (tertiary alicyclic amines) is 2. The first kappa shape index (κ1) is 49.4. The number of β-amino-alcohol motifs (C(OH)–C–C–N with tert-alkyl or cyclic N) is 1. The van der Waals surface area contributed by atoms with Gasteiger partial charge in [0.25, 0.3) is 5.56 Å². The van der Waals surface area contributed by atoms with Gasteiger partial charge in [0.05, 0.1) is 67.5 Å². The standard InChI is InChI=1S/C57H65BrN10O4S/c1-34(36-12-14-38(15-13-36)51-35(2)60-33-73-51)61-52(70)49-27-42(69)30-67(49)54(72)44(56(3,4)5)31-66-32-46(63-64-66)40-16-18-41(59-28-40)29-65-24-20-37(21-25-65)39-17-19-43-48(26-39)68-47-11-9-10-45(58)50(47)53(71)62-55(68)57(43)22-7-6-8-23-57/h9-19,26,28,32-34,37,42,44,49,63-64,69H,6-8,20-25,27,29-31H2,1-5H3,(H,61,70)/t34-,42+,44+,49-/m0/s1. The monoisotopic (exact) mass is 1060 g/mol. The quantitative estimate of drug-likeness (QED) is 0.0981. The van der Waals surface area contributed by atoms with E-state index in [0.717, 1.165) is 113 Å². The second-order valence-electron chi connectivity index (χ2n) is 22.1. The van der Waals surface area contributed by atoms with Gasteiger partial charge in [-0.25, -0.2) is 4.98 Å². The molecule has 1 aliphatic carbocycles. The van der Waals surface area contributed by atoms with Crippen LogP contribution in [0.1, 0.15) is 130 Å². The largest absolute Gasteiger partial charge is 0.391 e. The van der Waals surface area contributed by atoms with Crippen LogP contribution in [0, 0.1) is 18.3 Å². The summed E-state index contributed by atoms with van der Waals surface area (Å²) in [5.41, 5.74) is 18.1. The Morgan fingerprint density at radius 2 is 1.75 bits per heavy atom. The Kier molecular flexibility index (Phi) is 13.4. The molecule has 11 rings (SSSR count). The molecule has 1 spiro atoms. The highest BCUT2D eigenvalue weighted by Gasteiger charge is 2.47. The number of hydrogen-bond acceptors (Lipinski definition) is 12. The van der Waals surface area contributed by atoms with Crippen molar-refractivity contribution in [1.82, 2.24) is 50.6 Å². The SMILES string of the molecule is Cc1ncsc1-c1ccc([C@H](C)NC(=O)[C@@H]2C[C@@H](O)CN2C(=O)[C@@H](CN2C=C(c3ccc(CN4CCC(c5ccc6c(c5)-n5c(nc(=O)c7c(Br)cccc75)C65CCCCC5)CC4)nc3)NN2)C(C)(C)C)cc1. The zero-order valence-electron chi connectivity index (χ0n) is 42.3. The summed E-state index contributed by atoms with van der Waals surface area (Å²) in [6.45, 7) is 13.2. The number of benzene rings is 3. The highest BCUT2D eigenvalue weighted by atomic mass is 79.9. The van der Waals surface area contributed by atoms with Gasteiger partial charge in [0.2, 0.25) is 11.8 Å². The van der Waals surface area contributed by atoms with Gasteiger partial charge in [-0.1, -0.05) is 82.5 Å². The number of pyridine rings is 1. The van der Waals surface area contributed by atoms with Crippen LogP contribution in [0.2, 0.25) is 0 Å². The summed E-state index contributed by atoms with van der Waals surface area (Å²) in [7, 11) is 0. The van der Waals surface area contributed by atoms with Crippen LogP contribution < -0.4 is 21.8 Å². The van der Waals surface area contributed by atoms with Gasteiger partial charge in [0, 0.05) is 48.5 Å². The van der Waals surface area contributed by atoms with Crippen LogP contribution in [-0.2, 0) is 21.5 Å². The maximum atomic E-state index is 14.5. The third kappa shape index (κ3) is 9.43. The molecule has 2 saturated heterocycles. The number of piperidine rings is 1. The van der Waals surface area contributed by atoms with Crippen LogP contribution in [-0.4, -0.2) is 89.6 Å². The van der Waals surface area contributed by atoms with Crippen molar-refractivity contribution < 1.29 is 14.7 Å². The van der Waals surface area contributed by atoms with Crippen LogP contribution >= 0.6 is 27.3 Å². The van der Waals surface area contributed by atoms with Crippen molar-refractivity contribution in [1.29, 1.82) is 0 Å². The Balaban J connectivity index is 0.711. The molecule has 2 amide bonds. The summed E-state index contributed by atoms with van der Waals surface area (Å²) >= 11 is 5.26. The van der Waals surface area contributed by atoms with Crippen LogP contribution in [0.25, 0.3) is 32.7 Å². The minimum absolute atomic E-state index is 0.105. The van der Waals surface area contributed by atoms with Crippen molar-refractivity contribution in [3.8, 4) is 16.1 Å². The molecule has 0 radical (unpaired) electrons. The Morgan fingerprint density at radius 3 is 2.47 bits per heavy atom. The number of hydrogen-bond donors (Lipinski definition) is 4. The number of thiazole rings is 1. The topological polar surface area (TPSA) is 161 Å². The first-order valence-corrected chi connectivity index (χ1v) is 27.7. The molecule has 0 unspecified atom stereocenters. The van der Waals surface area contributed by atoms with E-state index in [1.165, 1.54) is 23.2 Å². The van der Waals surface area contributed by atoms with Gasteiger partial charge in [-0.05, 0) is 132 Å². The smallest absolute Gasteiger partial charge is 0.281 e. The number of fused-ring (bicyclic) bond motifs is 7. The molecule has 4 atom stereocenters. The van der Waals surface area contributed by atoms with Gasteiger partial charge in [-0.2, -0.15) is 4.98 Å². The number of aliphatic hydroxyl groups is 1. The van der Waals surface area contributed by atoms with Crippen LogP contribution in [0.5, 0.6) is 0 Å². The number of carbonyl (C=O) groups excluding carboxylic acids is 2. The Hall–Kier alpha value is -5.78. The Bertz CT molecular complexity index is 3150. The number of nitrogens with zero attached hydrogens (tertiary/aromatic N) is 7. The highest BCUT2D eigenvalue weighted by molar-refractivity contribution is 9.10. The molecule has 3 aromatic carbocycles. The average molecular weight is 1070 g/mol. The fraction of sp³-hybridized carbons (Fsp3) is 0.439. The van der Waals surface area contributed by atoms with Crippen molar-refractivity contribution in [3.05, 3.63) is 145 Å². The summed E-state index contributed by atoms with van der Waals surface area (Å²) < 4.78 is 3.09. The molecule has 4 N–H and O–H groups in total. The number of aromatic nitrogens is 4. The molecule has 7 heterocycles. The summed E-state index contributed by atoms with van der Waals surface area (Å²) in [6, 6.07) is 24.4. The van der Waals surface area contributed by atoms with Crippen molar-refractivity contribution in [2.24, 2.45) is 11.3 Å². The maximum Gasteiger partial charge on any atom is 0.281 e. The van der Waals surface area contributed by atoms with E-state index in [4.69, 9.17) is 9.97 Å². The molecule has 14 nitrogen and oxygen atoms in total. The molecule has 3 fully saturated rings. The molecule has 6 aromatic rings. The summed E-state index contributed by atoms with van der Waals surface area (Å²) in [4.78, 5) is 61.2. The predicted octanol–water partition coefficient (Wildman–Crippen LogP) is 9.04. The van der Waals surface area contributed by atoms with Gasteiger partial charge in [-0.3, -0.25) is 33.8 Å². The summed E-state index contributed by atoms with van der Waals surface area (Å²) in [5.74, 6) is 0.421. The fourth-order valence-electron chi connectivity index (χ4n) is 12.2. The van der Waals surface area contributed by atoms with Crippen molar-refractivity contribution >= 4 is 55.7 Å². The molecule has 73 heavy (non-hydrogen) atoms. The molecule has 1 saturated carbocycles. The van der Waals surface area contributed by atoms with Crippen molar-refractivity contribution in [2.75, 3.05) is 26.2 Å². The first-order valence-electron chi connectivity index (χ1n) is 26.0. The summed E-state index contributed by atoms with van der Waals surface area (Å²) in [5, 5.41) is 16.5. The number of aryl methyl sites for hydroxylation is 1. The lowest BCUT2D eigenvalue weighted by atomic mass is 9.69. The van der Waals surface area contributed by atoms with Crippen molar-refractivity contribution in [2.45, 2.75) is 122 Å². The fourth-order valence-corrected chi connectivity index (χ4v) is 13.5. The minimum Gasteiger partial charge on any atom is -0.391 e. The third-order valence-electron chi connectivity index (χ3n) is 16.3. The van der Waals surface area contributed by atoms with Crippen molar-refractivity contribution in [3.63, 3.8) is 0 Å². The minimum atomic E-state index is -0.792. The van der Waals surface area contributed by atoms with E-state index < -0.39 is 23.5 Å². The van der Waals surface area contributed by atoms with Crippen LogP contribution in [0.4, 0.5) is 0 Å². The number of halogens is 1. The van der Waals surface area contributed by atoms with Gasteiger partial charge >= 0.3 is 0 Å². The number of rotatable bonds is 11. The van der Waals surface area contributed by atoms with E-state index in [9.17, 15) is 19.5 Å².